The zero-order valence-electron chi connectivity index (χ0n) is 11.5. The second-order valence-corrected chi connectivity index (χ2v) is 6.85. The number of nitrogens with zero attached hydrogens (tertiary/aromatic N) is 1. The average molecular weight is 389 g/mol. The van der Waals surface area contributed by atoms with Gasteiger partial charge in [-0.25, -0.2) is 9.78 Å². The Morgan fingerprint density at radius 1 is 1.22 bits per heavy atom. The van der Waals surface area contributed by atoms with Crippen molar-refractivity contribution in [1.29, 1.82) is 0 Å². The molecule has 0 spiro atoms. The molecule has 2 aromatic carbocycles. The van der Waals surface area contributed by atoms with Crippen LogP contribution < -0.4 is 11.4 Å². The molecule has 3 N–H and O–H groups in total. The van der Waals surface area contributed by atoms with E-state index in [-0.39, 0.29) is 5.75 Å². The number of phenols is 1. The Balaban J connectivity index is 2.06. The number of nitrogen functional groups attached to an aromatic ring is 1. The van der Waals surface area contributed by atoms with Crippen molar-refractivity contribution in [1.82, 2.24) is 4.98 Å². The Kier molecular flexibility index (Phi) is 3.14. The zero-order valence-corrected chi connectivity index (χ0v) is 13.9. The van der Waals surface area contributed by atoms with Crippen LogP contribution in [-0.4, -0.2) is 10.1 Å². The number of hydrogen-bond donors (Lipinski definition) is 2. The number of benzene rings is 2. The van der Waals surface area contributed by atoms with Gasteiger partial charge in [0.05, 0.1) is 14.7 Å². The van der Waals surface area contributed by atoms with Gasteiger partial charge < -0.3 is 15.3 Å². The molecular weight excluding hydrogens is 380 g/mol. The van der Waals surface area contributed by atoms with Crippen LogP contribution in [0.25, 0.3) is 31.8 Å². The molecule has 0 aliphatic heterocycles. The highest BCUT2D eigenvalue weighted by molar-refractivity contribution is 9.10. The summed E-state index contributed by atoms with van der Waals surface area (Å²) in [6.45, 7) is 0. The van der Waals surface area contributed by atoms with E-state index in [2.05, 4.69) is 20.9 Å². The van der Waals surface area contributed by atoms with E-state index < -0.39 is 5.63 Å². The molecule has 0 radical (unpaired) electrons. The van der Waals surface area contributed by atoms with Crippen molar-refractivity contribution in [3.8, 4) is 16.3 Å². The van der Waals surface area contributed by atoms with Gasteiger partial charge in [-0.2, -0.15) is 0 Å². The van der Waals surface area contributed by atoms with Gasteiger partial charge in [0.2, 0.25) is 0 Å². The van der Waals surface area contributed by atoms with E-state index in [0.717, 1.165) is 5.39 Å². The van der Waals surface area contributed by atoms with E-state index in [4.69, 9.17) is 10.2 Å². The van der Waals surface area contributed by atoms with Gasteiger partial charge in [0.25, 0.3) is 0 Å². The van der Waals surface area contributed by atoms with Crippen molar-refractivity contribution >= 4 is 54.1 Å². The summed E-state index contributed by atoms with van der Waals surface area (Å²) in [4.78, 5) is 16.4. The van der Waals surface area contributed by atoms with Crippen LogP contribution in [0, 0.1) is 0 Å². The lowest BCUT2D eigenvalue weighted by Gasteiger charge is -2.02. The van der Waals surface area contributed by atoms with Gasteiger partial charge >= 0.3 is 5.63 Å². The fourth-order valence-corrected chi connectivity index (χ4v) is 3.93. The highest BCUT2D eigenvalue weighted by Crippen LogP contribution is 2.40. The first-order valence-electron chi connectivity index (χ1n) is 6.65. The highest BCUT2D eigenvalue weighted by atomic mass is 79.9. The summed E-state index contributed by atoms with van der Waals surface area (Å²) in [7, 11) is 0. The summed E-state index contributed by atoms with van der Waals surface area (Å²) in [6.07, 6.45) is 0. The molecule has 4 aromatic rings. The minimum Gasteiger partial charge on any atom is -0.505 e. The van der Waals surface area contributed by atoms with Crippen LogP contribution in [0.15, 0.2) is 50.1 Å². The Morgan fingerprint density at radius 3 is 2.87 bits per heavy atom. The predicted octanol–water partition coefficient (Wildman–Crippen LogP) is 4.12. The molecule has 114 valence electrons. The molecule has 2 aromatic heterocycles. The minimum atomic E-state index is -0.470. The SMILES string of the molecule is Nc1ccc2c(-c3nc4ccc(Br)c(O)c4s3)cc(=O)oc2c1. The molecule has 0 atom stereocenters. The van der Waals surface area contributed by atoms with E-state index in [1.54, 1.807) is 24.3 Å². The number of rotatable bonds is 1. The van der Waals surface area contributed by atoms with E-state index in [1.165, 1.54) is 17.4 Å². The lowest BCUT2D eigenvalue weighted by atomic mass is 10.1. The molecule has 5 nitrogen and oxygen atoms in total. The molecule has 0 saturated carbocycles. The number of nitrogens with two attached hydrogens (primary N) is 1. The third kappa shape index (κ3) is 2.29. The molecule has 7 heteroatoms. The molecule has 0 bridgehead atoms. The molecule has 4 rings (SSSR count). The normalized spacial score (nSPS) is 11.3. The van der Waals surface area contributed by atoms with Crippen molar-refractivity contribution in [2.75, 3.05) is 5.73 Å². The zero-order chi connectivity index (χ0) is 16.1. The van der Waals surface area contributed by atoms with Crippen LogP contribution in [0.1, 0.15) is 0 Å². The molecular formula is C16H9BrN2O3S. The van der Waals surface area contributed by atoms with Crippen molar-refractivity contribution < 1.29 is 9.52 Å². The van der Waals surface area contributed by atoms with Crippen molar-refractivity contribution in [3.05, 3.63) is 51.3 Å². The first-order chi connectivity index (χ1) is 11.0. The number of anilines is 1. The summed E-state index contributed by atoms with van der Waals surface area (Å²) in [5, 5.41) is 11.5. The van der Waals surface area contributed by atoms with Gasteiger partial charge in [-0.1, -0.05) is 0 Å². The maximum absolute atomic E-state index is 11.8. The van der Waals surface area contributed by atoms with Gasteiger partial charge in [-0.3, -0.25) is 0 Å². The standard InChI is InChI=1S/C16H9BrN2O3S/c17-10-3-4-11-15(14(10)21)23-16(19-11)9-6-13(20)22-12-5-7(18)1-2-8(9)12/h1-6,21H,18H2. The predicted molar refractivity (Wildman–Crippen MR) is 94.9 cm³/mol. The van der Waals surface area contributed by atoms with E-state index >= 15 is 0 Å². The van der Waals surface area contributed by atoms with Crippen molar-refractivity contribution in [3.63, 3.8) is 0 Å². The van der Waals surface area contributed by atoms with Crippen molar-refractivity contribution in [2.45, 2.75) is 0 Å². The maximum atomic E-state index is 11.8. The van der Waals surface area contributed by atoms with E-state index in [1.807, 2.05) is 6.07 Å². The fraction of sp³-hybridized carbons (Fsp3) is 0. The molecule has 0 amide bonds. The van der Waals surface area contributed by atoms with Crippen LogP contribution in [0.2, 0.25) is 0 Å². The molecule has 0 fully saturated rings. The third-order valence-electron chi connectivity index (χ3n) is 3.48. The van der Waals surface area contributed by atoms with Crippen LogP contribution in [0.5, 0.6) is 5.75 Å². The first-order valence-corrected chi connectivity index (χ1v) is 8.25. The van der Waals surface area contributed by atoms with E-state index in [9.17, 15) is 9.90 Å². The molecule has 0 aliphatic rings. The summed E-state index contributed by atoms with van der Waals surface area (Å²) in [5.74, 6) is 0.141. The minimum absolute atomic E-state index is 0.141. The van der Waals surface area contributed by atoms with Gasteiger partial charge in [-0.15, -0.1) is 11.3 Å². The second kappa shape index (κ2) is 5.07. The monoisotopic (exact) mass is 388 g/mol. The summed E-state index contributed by atoms with van der Waals surface area (Å²) in [5.41, 5.74) is 7.54. The first kappa shape index (κ1) is 14.2. The quantitative estimate of drug-likeness (QED) is 0.378. The average Bonchev–Trinajstić information content (AvgIpc) is 2.94. The summed E-state index contributed by atoms with van der Waals surface area (Å²) < 4.78 is 6.47. The highest BCUT2D eigenvalue weighted by Gasteiger charge is 2.15. The number of phenolic OH excluding ortho intramolecular Hbond substituents is 1. The van der Waals surface area contributed by atoms with Crippen LogP contribution >= 0.6 is 27.3 Å². The number of hydrogen-bond acceptors (Lipinski definition) is 6. The summed E-state index contributed by atoms with van der Waals surface area (Å²) >= 11 is 4.61. The van der Waals surface area contributed by atoms with Gasteiger partial charge in [0.15, 0.2) is 0 Å². The fourth-order valence-electron chi connectivity index (χ4n) is 2.43. The largest absolute Gasteiger partial charge is 0.505 e. The number of fused-ring (bicyclic) bond motifs is 2. The lowest BCUT2D eigenvalue weighted by Crippen LogP contribution is -1.98. The topological polar surface area (TPSA) is 89.4 Å². The Morgan fingerprint density at radius 2 is 2.04 bits per heavy atom. The molecule has 0 aliphatic carbocycles. The maximum Gasteiger partial charge on any atom is 0.336 e. The number of aromatic hydroxyl groups is 1. The van der Waals surface area contributed by atoms with Crippen LogP contribution in [0.4, 0.5) is 5.69 Å². The van der Waals surface area contributed by atoms with Gasteiger partial charge in [0, 0.05) is 28.8 Å². The smallest absolute Gasteiger partial charge is 0.336 e. The van der Waals surface area contributed by atoms with Gasteiger partial charge in [0.1, 0.15) is 16.3 Å². The second-order valence-electron chi connectivity index (χ2n) is 5.00. The van der Waals surface area contributed by atoms with E-state index in [0.29, 0.717) is 36.5 Å². The Labute approximate surface area is 142 Å². The summed E-state index contributed by atoms with van der Waals surface area (Å²) in [6, 6.07) is 10.1. The van der Waals surface area contributed by atoms with Gasteiger partial charge in [-0.05, 0) is 40.2 Å². The number of thiazole rings is 1. The molecule has 0 unspecified atom stereocenters. The van der Waals surface area contributed by atoms with Crippen LogP contribution in [0.3, 0.4) is 0 Å². The molecule has 23 heavy (non-hydrogen) atoms. The third-order valence-corrected chi connectivity index (χ3v) is 5.23. The Bertz CT molecular complexity index is 1130. The number of halogens is 1. The lowest BCUT2D eigenvalue weighted by molar-refractivity contribution is 0.479. The molecule has 0 saturated heterocycles. The van der Waals surface area contributed by atoms with Crippen molar-refractivity contribution in [2.24, 2.45) is 0 Å². The van der Waals surface area contributed by atoms with Crippen LogP contribution in [-0.2, 0) is 0 Å². The molecule has 2 heterocycles. The Hall–Kier alpha value is -2.38. The number of aromatic nitrogens is 1.